The average molecular weight is 270 g/mol. The van der Waals surface area contributed by atoms with Gasteiger partial charge >= 0.3 is 0 Å². The average Bonchev–Trinajstić information content (AvgIpc) is 2.18. The third kappa shape index (κ3) is 2.88. The molecule has 0 heterocycles. The monoisotopic (exact) mass is 270 g/mol. The molecule has 2 unspecified atom stereocenters. The number of hydrogen-bond donors (Lipinski definition) is 0. The lowest BCUT2D eigenvalue weighted by molar-refractivity contribution is -0.140. The fourth-order valence-corrected chi connectivity index (χ4v) is 3.90. The minimum absolute atomic E-state index is 0.0992. The molecule has 18 heavy (non-hydrogen) atoms. The van der Waals surface area contributed by atoms with Crippen LogP contribution >= 0.6 is 0 Å². The summed E-state index contributed by atoms with van der Waals surface area (Å²) in [4.78, 5) is 12.3. The Kier molecular flexibility index (Phi) is 4.20. The van der Waals surface area contributed by atoms with Gasteiger partial charge in [0, 0.05) is 11.3 Å². The molecule has 1 rings (SSSR count). The van der Waals surface area contributed by atoms with Crippen LogP contribution in [0.15, 0.2) is 0 Å². The largest absolute Gasteiger partial charge is 0.413 e. The van der Waals surface area contributed by atoms with Gasteiger partial charge in [0.2, 0.25) is 0 Å². The smallest absolute Gasteiger partial charge is 0.192 e. The van der Waals surface area contributed by atoms with Crippen LogP contribution in [0.25, 0.3) is 0 Å². The molecule has 2 atom stereocenters. The molecule has 2 nitrogen and oxygen atoms in total. The Morgan fingerprint density at radius 2 is 1.72 bits per heavy atom. The number of rotatable bonds is 2. The molecule has 0 amide bonds. The van der Waals surface area contributed by atoms with Crippen molar-refractivity contribution >= 4 is 14.1 Å². The second-order valence-corrected chi connectivity index (χ2v) is 12.7. The normalized spacial score (nSPS) is 29.4. The van der Waals surface area contributed by atoms with E-state index in [0.717, 1.165) is 12.8 Å². The third-order valence-electron chi connectivity index (χ3n) is 4.99. The van der Waals surface area contributed by atoms with E-state index in [2.05, 4.69) is 47.7 Å². The first-order valence-electron chi connectivity index (χ1n) is 7.12. The fraction of sp³-hybridized carbons (Fsp3) is 0.933. The Hall–Kier alpha value is -0.153. The summed E-state index contributed by atoms with van der Waals surface area (Å²) in [5.74, 6) is 0.566. The highest BCUT2D eigenvalue weighted by Crippen LogP contribution is 2.43. The van der Waals surface area contributed by atoms with E-state index >= 15 is 0 Å². The minimum atomic E-state index is -1.78. The Morgan fingerprint density at radius 1 is 1.22 bits per heavy atom. The van der Waals surface area contributed by atoms with Gasteiger partial charge in [-0.1, -0.05) is 41.5 Å². The second-order valence-electron chi connectivity index (χ2n) is 7.93. The summed E-state index contributed by atoms with van der Waals surface area (Å²) < 4.78 is 6.50. The van der Waals surface area contributed by atoms with Crippen molar-refractivity contribution in [3.8, 4) is 0 Å². The quantitative estimate of drug-likeness (QED) is 0.695. The molecule has 0 bridgehead atoms. The van der Waals surface area contributed by atoms with Gasteiger partial charge in [-0.3, -0.25) is 4.79 Å². The Morgan fingerprint density at radius 3 is 2.17 bits per heavy atom. The van der Waals surface area contributed by atoms with Crippen molar-refractivity contribution in [3.05, 3.63) is 0 Å². The number of carbonyl (C=O) groups is 1. The molecule has 1 aliphatic rings. The first-order valence-corrected chi connectivity index (χ1v) is 10.0. The molecule has 0 aromatic heterocycles. The van der Waals surface area contributed by atoms with E-state index in [-0.39, 0.29) is 22.5 Å². The van der Waals surface area contributed by atoms with Gasteiger partial charge in [-0.2, -0.15) is 0 Å². The van der Waals surface area contributed by atoms with E-state index in [4.69, 9.17) is 4.43 Å². The van der Waals surface area contributed by atoms with E-state index in [1.807, 2.05) is 6.92 Å². The van der Waals surface area contributed by atoms with Crippen molar-refractivity contribution in [1.82, 2.24) is 0 Å². The van der Waals surface area contributed by atoms with Crippen molar-refractivity contribution in [2.45, 2.75) is 78.6 Å². The zero-order valence-electron chi connectivity index (χ0n) is 13.4. The zero-order chi connectivity index (χ0) is 14.4. The number of hydrogen-bond acceptors (Lipinski definition) is 2. The van der Waals surface area contributed by atoms with Gasteiger partial charge < -0.3 is 4.43 Å². The van der Waals surface area contributed by atoms with Crippen molar-refractivity contribution in [2.24, 2.45) is 11.3 Å². The van der Waals surface area contributed by atoms with Gasteiger partial charge in [-0.05, 0) is 31.0 Å². The van der Waals surface area contributed by atoms with Crippen LogP contribution in [0.3, 0.4) is 0 Å². The van der Waals surface area contributed by atoms with Crippen molar-refractivity contribution in [3.63, 3.8) is 0 Å². The zero-order valence-corrected chi connectivity index (χ0v) is 14.4. The second kappa shape index (κ2) is 4.75. The first kappa shape index (κ1) is 15.9. The predicted molar refractivity (Wildman–Crippen MR) is 79.3 cm³/mol. The summed E-state index contributed by atoms with van der Waals surface area (Å²) >= 11 is 0. The van der Waals surface area contributed by atoms with Gasteiger partial charge in [0.1, 0.15) is 5.78 Å². The van der Waals surface area contributed by atoms with Crippen molar-refractivity contribution < 1.29 is 9.22 Å². The summed E-state index contributed by atoms with van der Waals surface area (Å²) in [6.45, 7) is 17.5. The maximum Gasteiger partial charge on any atom is 0.192 e. The molecule has 0 aromatic carbocycles. The summed E-state index contributed by atoms with van der Waals surface area (Å²) in [7, 11) is -1.78. The molecule has 1 saturated carbocycles. The lowest BCUT2D eigenvalue weighted by Gasteiger charge is -2.46. The molecule has 0 radical (unpaired) electrons. The fourth-order valence-electron chi connectivity index (χ4n) is 2.43. The SMILES string of the molecule is CC1CCC(O[Si](C)(C)C(C)(C)C)C(C)(C)C1=O. The summed E-state index contributed by atoms with van der Waals surface area (Å²) in [6.07, 6.45) is 2.09. The van der Waals surface area contributed by atoms with Crippen molar-refractivity contribution in [1.29, 1.82) is 0 Å². The van der Waals surface area contributed by atoms with Gasteiger partial charge in [0.25, 0.3) is 0 Å². The summed E-state index contributed by atoms with van der Waals surface area (Å²) in [5, 5.41) is 0.204. The first-order chi connectivity index (χ1) is 7.89. The van der Waals surface area contributed by atoms with E-state index in [9.17, 15) is 4.79 Å². The van der Waals surface area contributed by atoms with Gasteiger partial charge in [-0.15, -0.1) is 0 Å². The van der Waals surface area contributed by atoms with E-state index in [1.54, 1.807) is 0 Å². The molecule has 106 valence electrons. The van der Waals surface area contributed by atoms with Crippen LogP contribution < -0.4 is 0 Å². The highest BCUT2D eigenvalue weighted by Gasteiger charge is 2.48. The molecule has 1 fully saturated rings. The molecule has 3 heteroatoms. The third-order valence-corrected chi connectivity index (χ3v) is 9.48. The van der Waals surface area contributed by atoms with Crippen LogP contribution in [0.4, 0.5) is 0 Å². The predicted octanol–water partition coefficient (Wildman–Crippen LogP) is 4.40. The van der Waals surface area contributed by atoms with Crippen LogP contribution in [0.1, 0.15) is 54.4 Å². The minimum Gasteiger partial charge on any atom is -0.413 e. The lowest BCUT2D eigenvalue weighted by atomic mass is 9.69. The molecule has 0 aliphatic heterocycles. The molecule has 0 spiro atoms. The van der Waals surface area contributed by atoms with Gasteiger partial charge in [-0.25, -0.2) is 0 Å². The van der Waals surface area contributed by atoms with Crippen LogP contribution in [0, 0.1) is 11.3 Å². The Labute approximate surface area is 114 Å². The van der Waals surface area contributed by atoms with Crippen LogP contribution in [0.2, 0.25) is 18.1 Å². The number of ketones is 1. The lowest BCUT2D eigenvalue weighted by Crippen LogP contribution is -2.53. The van der Waals surface area contributed by atoms with Crippen LogP contribution in [0.5, 0.6) is 0 Å². The molecule has 0 aromatic rings. The van der Waals surface area contributed by atoms with Crippen molar-refractivity contribution in [2.75, 3.05) is 0 Å². The molecular formula is C15H30O2Si. The van der Waals surface area contributed by atoms with Crippen LogP contribution in [-0.2, 0) is 9.22 Å². The van der Waals surface area contributed by atoms with Gasteiger partial charge in [0.05, 0.1) is 6.10 Å². The highest BCUT2D eigenvalue weighted by atomic mass is 28.4. The standard InChI is InChI=1S/C15H30O2Si/c1-11-9-10-12(15(5,6)13(11)16)17-18(7,8)14(2,3)4/h11-12H,9-10H2,1-8H3. The Balaban J connectivity index is 2.89. The topological polar surface area (TPSA) is 26.3 Å². The summed E-state index contributed by atoms with van der Waals surface area (Å²) in [5.41, 5.74) is -0.326. The van der Waals surface area contributed by atoms with E-state index < -0.39 is 8.32 Å². The number of Topliss-reactive ketones (excluding diaryl/α,β-unsaturated/α-hetero) is 1. The Bertz CT molecular complexity index is 326. The maximum absolute atomic E-state index is 12.3. The summed E-state index contributed by atoms with van der Waals surface area (Å²) in [6, 6.07) is 0. The molecule has 0 N–H and O–H groups in total. The van der Waals surface area contributed by atoms with E-state index in [1.165, 1.54) is 0 Å². The van der Waals surface area contributed by atoms with E-state index in [0.29, 0.717) is 5.78 Å². The van der Waals surface area contributed by atoms with Crippen LogP contribution in [-0.4, -0.2) is 20.2 Å². The molecule has 0 saturated heterocycles. The van der Waals surface area contributed by atoms with Gasteiger partial charge in [0.15, 0.2) is 8.32 Å². The highest BCUT2D eigenvalue weighted by molar-refractivity contribution is 6.74. The molecule has 1 aliphatic carbocycles. The molecular weight excluding hydrogens is 240 g/mol. The number of carbonyl (C=O) groups excluding carboxylic acids is 1. The maximum atomic E-state index is 12.3.